The molecule has 0 bridgehead atoms. The van der Waals surface area contributed by atoms with Crippen molar-refractivity contribution in [3.8, 4) is 22.6 Å². The lowest BCUT2D eigenvalue weighted by atomic mass is 10.0. The number of aryl methyl sites for hydroxylation is 1. The van der Waals surface area contributed by atoms with Gasteiger partial charge in [-0.3, -0.25) is 0 Å². The van der Waals surface area contributed by atoms with Crippen LogP contribution in [0.25, 0.3) is 17.2 Å². The molecule has 0 aromatic heterocycles. The highest BCUT2D eigenvalue weighted by molar-refractivity contribution is 6.13. The van der Waals surface area contributed by atoms with E-state index in [9.17, 15) is 4.79 Å². The molecule has 0 spiro atoms. The smallest absolute Gasteiger partial charge is 0.363 e. The minimum Gasteiger partial charge on any atom is -0.490 e. The second-order valence-electron chi connectivity index (χ2n) is 8.70. The number of aliphatic imine (C=N–C) groups is 1. The van der Waals surface area contributed by atoms with Crippen LogP contribution in [0.3, 0.4) is 0 Å². The summed E-state index contributed by atoms with van der Waals surface area (Å²) in [6.07, 6.45) is 1.69. The van der Waals surface area contributed by atoms with Crippen LogP contribution >= 0.6 is 0 Å². The van der Waals surface area contributed by atoms with E-state index < -0.39 is 5.97 Å². The highest BCUT2D eigenvalue weighted by Gasteiger charge is 2.24. The van der Waals surface area contributed by atoms with Crippen molar-refractivity contribution in [2.75, 3.05) is 6.61 Å². The van der Waals surface area contributed by atoms with Crippen LogP contribution in [0.4, 0.5) is 0 Å². The zero-order valence-electron chi connectivity index (χ0n) is 20.8. The van der Waals surface area contributed by atoms with Crippen molar-refractivity contribution in [2.45, 2.75) is 20.5 Å². The number of hydrogen-bond acceptors (Lipinski definition) is 5. The molecule has 0 aliphatic carbocycles. The van der Waals surface area contributed by atoms with E-state index >= 15 is 0 Å². The van der Waals surface area contributed by atoms with Gasteiger partial charge in [0.05, 0.1) is 6.61 Å². The molecule has 0 amide bonds. The molecule has 1 aliphatic rings. The summed E-state index contributed by atoms with van der Waals surface area (Å²) in [6.45, 7) is 4.90. The number of carbonyl (C=O) groups is 1. The van der Waals surface area contributed by atoms with Crippen LogP contribution in [-0.4, -0.2) is 18.5 Å². The summed E-state index contributed by atoms with van der Waals surface area (Å²) in [6, 6.07) is 31.7. The molecule has 0 unspecified atom stereocenters. The van der Waals surface area contributed by atoms with Crippen molar-refractivity contribution in [3.05, 3.63) is 125 Å². The number of benzene rings is 4. The van der Waals surface area contributed by atoms with E-state index in [0.717, 1.165) is 27.8 Å². The van der Waals surface area contributed by atoms with E-state index in [2.05, 4.69) is 36.2 Å². The summed E-state index contributed by atoms with van der Waals surface area (Å²) < 4.78 is 17.3. The Labute approximate surface area is 216 Å². The normalized spacial score (nSPS) is 13.8. The van der Waals surface area contributed by atoms with Crippen LogP contribution in [-0.2, 0) is 16.1 Å². The van der Waals surface area contributed by atoms with E-state index in [1.165, 1.54) is 5.56 Å². The average molecular weight is 490 g/mol. The molecule has 0 N–H and O–H groups in total. The Morgan fingerprint density at radius 3 is 2.30 bits per heavy atom. The third-order valence-electron chi connectivity index (χ3n) is 5.91. The summed E-state index contributed by atoms with van der Waals surface area (Å²) in [4.78, 5) is 17.0. The summed E-state index contributed by atoms with van der Waals surface area (Å²) in [7, 11) is 0. The Morgan fingerprint density at radius 2 is 1.54 bits per heavy atom. The van der Waals surface area contributed by atoms with Crippen molar-refractivity contribution in [1.82, 2.24) is 0 Å². The topological polar surface area (TPSA) is 57.1 Å². The molecule has 37 heavy (non-hydrogen) atoms. The Hall–Kier alpha value is -4.64. The zero-order valence-corrected chi connectivity index (χ0v) is 20.8. The maximum Gasteiger partial charge on any atom is 0.363 e. The zero-order chi connectivity index (χ0) is 25.6. The first-order valence-corrected chi connectivity index (χ1v) is 12.2. The lowest BCUT2D eigenvalue weighted by Gasteiger charge is -2.13. The van der Waals surface area contributed by atoms with Crippen LogP contribution < -0.4 is 9.47 Å². The summed E-state index contributed by atoms with van der Waals surface area (Å²) in [5, 5.41) is 0. The fourth-order valence-electron chi connectivity index (χ4n) is 4.09. The van der Waals surface area contributed by atoms with Crippen LogP contribution in [0.5, 0.6) is 11.5 Å². The van der Waals surface area contributed by atoms with Gasteiger partial charge in [-0.05, 0) is 66.4 Å². The molecule has 4 aromatic rings. The van der Waals surface area contributed by atoms with Gasteiger partial charge in [-0.2, -0.15) is 0 Å². The van der Waals surface area contributed by atoms with Gasteiger partial charge in [0.25, 0.3) is 0 Å². The third-order valence-corrected chi connectivity index (χ3v) is 5.91. The maximum absolute atomic E-state index is 12.6. The largest absolute Gasteiger partial charge is 0.490 e. The summed E-state index contributed by atoms with van der Waals surface area (Å²) in [5.74, 6) is 1.05. The summed E-state index contributed by atoms with van der Waals surface area (Å²) in [5.41, 5.74) is 6.21. The number of nitrogens with zero attached hydrogens (tertiary/aromatic N) is 1. The molecule has 0 atom stereocenters. The molecule has 0 saturated heterocycles. The minimum atomic E-state index is -0.486. The number of rotatable bonds is 8. The van der Waals surface area contributed by atoms with E-state index in [-0.39, 0.29) is 5.70 Å². The quantitative estimate of drug-likeness (QED) is 0.198. The maximum atomic E-state index is 12.6. The number of carbonyl (C=O) groups excluding carboxylic acids is 1. The van der Waals surface area contributed by atoms with Crippen LogP contribution in [0.1, 0.15) is 29.2 Å². The predicted molar refractivity (Wildman–Crippen MR) is 146 cm³/mol. The van der Waals surface area contributed by atoms with E-state index in [1.54, 1.807) is 6.08 Å². The number of hydrogen-bond donors (Lipinski definition) is 0. The van der Waals surface area contributed by atoms with Crippen molar-refractivity contribution in [2.24, 2.45) is 4.99 Å². The Bertz CT molecular complexity index is 1470. The minimum absolute atomic E-state index is 0.234. The third kappa shape index (κ3) is 5.78. The molecule has 1 heterocycles. The van der Waals surface area contributed by atoms with E-state index in [0.29, 0.717) is 30.6 Å². The molecule has 0 fully saturated rings. The molecule has 4 aromatic carbocycles. The molecule has 5 rings (SSSR count). The highest BCUT2D eigenvalue weighted by Crippen LogP contribution is 2.31. The lowest BCUT2D eigenvalue weighted by Crippen LogP contribution is -2.05. The first kappa shape index (κ1) is 24.1. The number of cyclic esters (lactones) is 1. The lowest BCUT2D eigenvalue weighted by molar-refractivity contribution is -0.129. The molecule has 0 radical (unpaired) electrons. The first-order chi connectivity index (χ1) is 18.1. The molecular weight excluding hydrogens is 462 g/mol. The predicted octanol–water partition coefficient (Wildman–Crippen LogP) is 6.98. The van der Waals surface area contributed by atoms with Gasteiger partial charge < -0.3 is 14.2 Å². The van der Waals surface area contributed by atoms with Crippen molar-refractivity contribution >= 4 is 17.9 Å². The van der Waals surface area contributed by atoms with Gasteiger partial charge in [0.2, 0.25) is 5.90 Å². The highest BCUT2D eigenvalue weighted by atomic mass is 16.6. The van der Waals surface area contributed by atoms with Gasteiger partial charge in [0, 0.05) is 5.56 Å². The molecule has 184 valence electrons. The van der Waals surface area contributed by atoms with Gasteiger partial charge in [-0.25, -0.2) is 9.79 Å². The Morgan fingerprint density at radius 1 is 0.784 bits per heavy atom. The SMILES string of the molecule is CCOc1cc(/C=C2\N=C(c3ccc(-c4ccccc4)cc3)OC2=O)ccc1OCc1cccc(C)c1. The van der Waals surface area contributed by atoms with Gasteiger partial charge in [-0.15, -0.1) is 0 Å². The molecular formula is C32H27NO4. The number of esters is 1. The second kappa shape index (κ2) is 11.0. The van der Waals surface area contributed by atoms with Gasteiger partial charge >= 0.3 is 5.97 Å². The Balaban J connectivity index is 1.34. The van der Waals surface area contributed by atoms with Gasteiger partial charge in [0.1, 0.15) is 6.61 Å². The van der Waals surface area contributed by atoms with Crippen molar-refractivity contribution in [3.63, 3.8) is 0 Å². The standard InChI is InChI=1S/C32H27NO4/c1-3-35-30-20-23(12-17-29(30)36-21-24-9-7-8-22(2)18-24)19-28-32(34)37-31(33-28)27-15-13-26(14-16-27)25-10-5-4-6-11-25/h4-20H,3,21H2,1-2H3/b28-19-. The van der Waals surface area contributed by atoms with Crippen molar-refractivity contribution in [1.29, 1.82) is 0 Å². The van der Waals surface area contributed by atoms with Crippen LogP contribution in [0.15, 0.2) is 108 Å². The van der Waals surface area contributed by atoms with Crippen LogP contribution in [0.2, 0.25) is 0 Å². The fraction of sp³-hybridized carbons (Fsp3) is 0.125. The molecule has 1 aliphatic heterocycles. The van der Waals surface area contributed by atoms with E-state index in [1.807, 2.05) is 79.7 Å². The molecule has 0 saturated carbocycles. The monoisotopic (exact) mass is 489 g/mol. The molecule has 5 nitrogen and oxygen atoms in total. The molecule has 5 heteroatoms. The van der Waals surface area contributed by atoms with E-state index in [4.69, 9.17) is 14.2 Å². The van der Waals surface area contributed by atoms with Crippen LogP contribution in [0, 0.1) is 6.92 Å². The second-order valence-corrected chi connectivity index (χ2v) is 8.70. The number of ether oxygens (including phenoxy) is 3. The Kier molecular flexibility index (Phi) is 7.13. The first-order valence-electron chi connectivity index (χ1n) is 12.2. The van der Waals surface area contributed by atoms with Crippen molar-refractivity contribution < 1.29 is 19.0 Å². The van der Waals surface area contributed by atoms with Gasteiger partial charge in [0.15, 0.2) is 17.2 Å². The average Bonchev–Trinajstić information content (AvgIpc) is 3.29. The fourth-order valence-corrected chi connectivity index (χ4v) is 4.09. The summed E-state index contributed by atoms with van der Waals surface area (Å²) >= 11 is 0. The van der Waals surface area contributed by atoms with Gasteiger partial charge in [-0.1, -0.05) is 78.4 Å².